The Kier molecular flexibility index (Phi) is 27.4. The summed E-state index contributed by atoms with van der Waals surface area (Å²) in [6, 6.07) is -0.0244. The van der Waals surface area contributed by atoms with Crippen LogP contribution in [-0.2, 0) is 9.59 Å². The minimum Gasteiger partial charge on any atom is -0.330 e. The molecule has 2 saturated carbocycles. The van der Waals surface area contributed by atoms with Crippen LogP contribution in [-0.4, -0.2) is 47.3 Å². The van der Waals surface area contributed by atoms with Crippen molar-refractivity contribution in [3.63, 3.8) is 0 Å². The van der Waals surface area contributed by atoms with Gasteiger partial charge in [-0.2, -0.15) is 0 Å². The average Bonchev–Trinajstić information content (AvgIpc) is 3.50. The predicted octanol–water partition coefficient (Wildman–Crippen LogP) is 14.0. The van der Waals surface area contributed by atoms with Crippen molar-refractivity contribution in [1.82, 2.24) is 10.6 Å². The normalized spacial score (nSPS) is 22.2. The molecule has 0 spiro atoms. The lowest BCUT2D eigenvalue weighted by molar-refractivity contribution is -0.137. The quantitative estimate of drug-likeness (QED) is 0.0596. The SMILES string of the molecule is CCC(CC)C(=O)C(CCCC(C)CN)NC(CC)(CC)C1CCCCC(C(CC)(CC)C(=O)C(CCCC(C)C(C)N)NC(CC)(CC)C2CCCCCCCC2)CCC1. The Morgan fingerprint density at radius 1 is 0.541 bits per heavy atom. The Morgan fingerprint density at radius 3 is 1.41 bits per heavy atom. The third kappa shape index (κ3) is 16.2. The van der Waals surface area contributed by atoms with Gasteiger partial charge in [0.15, 0.2) is 11.6 Å². The van der Waals surface area contributed by atoms with Gasteiger partial charge in [-0.25, -0.2) is 0 Å². The summed E-state index contributed by atoms with van der Waals surface area (Å²) < 4.78 is 0. The number of rotatable bonds is 29. The first-order valence-electron chi connectivity index (χ1n) is 27.4. The van der Waals surface area contributed by atoms with Crippen LogP contribution in [0.25, 0.3) is 0 Å². The number of nitrogens with two attached hydrogens (primary N) is 2. The van der Waals surface area contributed by atoms with E-state index < -0.39 is 0 Å². The minimum absolute atomic E-state index is 0.00309. The van der Waals surface area contributed by atoms with E-state index in [-0.39, 0.29) is 40.5 Å². The first-order valence-corrected chi connectivity index (χ1v) is 27.4. The maximum Gasteiger partial charge on any atom is 0.156 e. The number of hydrogen-bond acceptors (Lipinski definition) is 6. The molecule has 0 aromatic carbocycles. The lowest BCUT2D eigenvalue weighted by atomic mass is 9.62. The van der Waals surface area contributed by atoms with E-state index in [4.69, 9.17) is 11.5 Å². The monoisotopic (exact) mass is 857 g/mol. The molecule has 0 aromatic heterocycles. The van der Waals surface area contributed by atoms with Crippen LogP contribution in [0, 0.1) is 40.9 Å². The van der Waals surface area contributed by atoms with Gasteiger partial charge in [-0.1, -0.05) is 140 Å². The zero-order chi connectivity index (χ0) is 45.5. The zero-order valence-corrected chi connectivity index (χ0v) is 42.9. The van der Waals surface area contributed by atoms with E-state index in [1.54, 1.807) is 0 Å². The molecule has 2 rings (SSSR count). The molecule has 7 unspecified atom stereocenters. The molecule has 0 saturated heterocycles. The van der Waals surface area contributed by atoms with Crippen molar-refractivity contribution in [1.29, 1.82) is 0 Å². The fourth-order valence-electron chi connectivity index (χ4n) is 12.9. The highest BCUT2D eigenvalue weighted by Gasteiger charge is 2.48. The molecule has 2 aliphatic carbocycles. The molecule has 6 nitrogen and oxygen atoms in total. The van der Waals surface area contributed by atoms with Crippen LogP contribution in [0.2, 0.25) is 0 Å². The fraction of sp³-hybridized carbons (Fsp3) is 0.964. The summed E-state index contributed by atoms with van der Waals surface area (Å²) >= 11 is 0. The van der Waals surface area contributed by atoms with Crippen molar-refractivity contribution in [3.05, 3.63) is 0 Å². The summed E-state index contributed by atoms with van der Waals surface area (Å²) in [7, 11) is 0. The van der Waals surface area contributed by atoms with Crippen LogP contribution in [0.5, 0.6) is 0 Å². The second-order valence-electron chi connectivity index (χ2n) is 21.3. The van der Waals surface area contributed by atoms with Crippen molar-refractivity contribution >= 4 is 11.6 Å². The highest BCUT2D eigenvalue weighted by molar-refractivity contribution is 5.90. The molecule has 2 fully saturated rings. The van der Waals surface area contributed by atoms with Crippen molar-refractivity contribution in [2.75, 3.05) is 6.54 Å². The van der Waals surface area contributed by atoms with E-state index in [9.17, 15) is 4.79 Å². The Bertz CT molecular complexity index is 1140. The minimum atomic E-state index is -0.311. The summed E-state index contributed by atoms with van der Waals surface area (Å²) in [6.07, 6.45) is 32.9. The van der Waals surface area contributed by atoms with Gasteiger partial charge in [-0.15, -0.1) is 0 Å². The number of ketones is 2. The lowest BCUT2D eigenvalue weighted by Crippen LogP contribution is -2.60. The molecule has 0 bridgehead atoms. The lowest BCUT2D eigenvalue weighted by Gasteiger charge is -2.47. The van der Waals surface area contributed by atoms with Gasteiger partial charge in [-0.05, 0) is 159 Å². The Labute approximate surface area is 381 Å². The van der Waals surface area contributed by atoms with Crippen molar-refractivity contribution in [2.24, 2.45) is 52.4 Å². The van der Waals surface area contributed by atoms with Gasteiger partial charge in [0.2, 0.25) is 0 Å². The molecule has 6 heteroatoms. The summed E-state index contributed by atoms with van der Waals surface area (Å²) in [5, 5.41) is 8.54. The van der Waals surface area contributed by atoms with Gasteiger partial charge in [-0.3, -0.25) is 9.59 Å². The fourth-order valence-corrected chi connectivity index (χ4v) is 12.9. The molecule has 0 aliphatic heterocycles. The smallest absolute Gasteiger partial charge is 0.156 e. The van der Waals surface area contributed by atoms with E-state index in [0.29, 0.717) is 47.7 Å². The second kappa shape index (κ2) is 29.7. The van der Waals surface area contributed by atoms with Gasteiger partial charge in [0.25, 0.3) is 0 Å². The number of Topliss-reactive ketones (excluding diaryl/α,β-unsaturated/α-hetero) is 2. The molecule has 0 aromatic rings. The maximum atomic E-state index is 15.8. The molecule has 61 heavy (non-hydrogen) atoms. The summed E-state index contributed by atoms with van der Waals surface area (Å²) in [5.74, 6) is 3.60. The van der Waals surface area contributed by atoms with Crippen molar-refractivity contribution in [2.45, 2.75) is 292 Å². The van der Waals surface area contributed by atoms with Crippen LogP contribution in [0.4, 0.5) is 0 Å². The number of hydrogen-bond donors (Lipinski definition) is 4. The van der Waals surface area contributed by atoms with Crippen LogP contribution in [0.3, 0.4) is 0 Å². The summed E-state index contributed by atoms with van der Waals surface area (Å²) in [6.45, 7) is 26.0. The molecular formula is C55H108N4O2. The Morgan fingerprint density at radius 2 is 0.951 bits per heavy atom. The predicted molar refractivity (Wildman–Crippen MR) is 266 cm³/mol. The molecular weight excluding hydrogens is 749 g/mol. The Balaban J connectivity index is 2.47. The third-order valence-corrected chi connectivity index (χ3v) is 18.0. The molecule has 7 atom stereocenters. The average molecular weight is 857 g/mol. The molecule has 0 heterocycles. The molecule has 0 radical (unpaired) electrons. The van der Waals surface area contributed by atoms with Gasteiger partial charge in [0.1, 0.15) is 0 Å². The Hall–Kier alpha value is -0.820. The first-order chi connectivity index (χ1) is 29.3. The largest absolute Gasteiger partial charge is 0.330 e. The van der Waals surface area contributed by atoms with Gasteiger partial charge in [0, 0.05) is 28.5 Å². The second-order valence-corrected chi connectivity index (χ2v) is 21.3. The number of nitrogens with one attached hydrogen (secondary N) is 2. The van der Waals surface area contributed by atoms with Gasteiger partial charge < -0.3 is 22.1 Å². The van der Waals surface area contributed by atoms with Gasteiger partial charge in [0.05, 0.1) is 12.1 Å². The molecule has 2 aliphatic rings. The summed E-state index contributed by atoms with van der Waals surface area (Å²) in [4.78, 5) is 30.0. The molecule has 0 amide bonds. The van der Waals surface area contributed by atoms with E-state index >= 15 is 4.79 Å². The number of carbonyl (C=O) groups is 2. The van der Waals surface area contributed by atoms with Crippen LogP contribution < -0.4 is 22.1 Å². The maximum absolute atomic E-state index is 15.8. The van der Waals surface area contributed by atoms with Gasteiger partial charge >= 0.3 is 0 Å². The van der Waals surface area contributed by atoms with Crippen LogP contribution in [0.15, 0.2) is 0 Å². The van der Waals surface area contributed by atoms with Crippen LogP contribution in [0.1, 0.15) is 262 Å². The van der Waals surface area contributed by atoms with E-state index in [1.807, 2.05) is 0 Å². The third-order valence-electron chi connectivity index (χ3n) is 18.0. The van der Waals surface area contributed by atoms with E-state index in [2.05, 4.69) is 86.8 Å². The van der Waals surface area contributed by atoms with Crippen molar-refractivity contribution < 1.29 is 9.59 Å². The number of carbonyl (C=O) groups excluding carboxylic acids is 2. The first kappa shape index (κ1) is 56.3. The summed E-state index contributed by atoms with van der Waals surface area (Å²) in [5.41, 5.74) is 12.0. The van der Waals surface area contributed by atoms with Crippen LogP contribution >= 0.6 is 0 Å². The molecule has 6 N–H and O–H groups in total. The zero-order valence-electron chi connectivity index (χ0n) is 42.9. The van der Waals surface area contributed by atoms with E-state index in [1.165, 1.54) is 77.0 Å². The standard InChI is InChI=1S/C55H108N4O2/c1-12-45(13-2)51(60)49(39-28-31-42(9)41-56)58-54(16-5,17-6)48-36-27-26-33-46(37-30-38-48)53(14-3,15-4)52(61)50(40-29-32-43(10)44(11)57)59-55(18-7,19-8)47-34-24-22-20-21-23-25-35-47/h42-50,58-59H,12-41,56-57H2,1-11H3. The van der Waals surface area contributed by atoms with Crippen molar-refractivity contribution in [3.8, 4) is 0 Å². The highest BCUT2D eigenvalue weighted by Crippen LogP contribution is 2.47. The highest BCUT2D eigenvalue weighted by atomic mass is 16.1. The topological polar surface area (TPSA) is 110 Å². The van der Waals surface area contributed by atoms with E-state index in [0.717, 1.165) is 109 Å². The molecule has 360 valence electrons.